The SMILES string of the molecule is Cc1ccc(-n2c(SCC(=O)N3[C@H](C)CCC[C@@H]3C)nnc2-c2ccncc2)cc1. The van der Waals surface area contributed by atoms with E-state index in [9.17, 15) is 4.79 Å². The molecule has 3 aromatic rings. The highest BCUT2D eigenvalue weighted by atomic mass is 32.2. The molecule has 156 valence electrons. The molecule has 1 aliphatic heterocycles. The van der Waals surface area contributed by atoms with Crippen molar-refractivity contribution in [1.29, 1.82) is 0 Å². The Balaban J connectivity index is 1.62. The van der Waals surface area contributed by atoms with Crippen LogP contribution >= 0.6 is 11.8 Å². The topological polar surface area (TPSA) is 63.9 Å². The van der Waals surface area contributed by atoms with Gasteiger partial charge in [-0.15, -0.1) is 10.2 Å². The monoisotopic (exact) mass is 421 g/mol. The molecule has 1 fully saturated rings. The Bertz CT molecular complexity index is 992. The Hall–Kier alpha value is -2.67. The van der Waals surface area contributed by atoms with Crippen LogP contribution < -0.4 is 0 Å². The van der Waals surface area contributed by atoms with Gasteiger partial charge in [-0.3, -0.25) is 14.3 Å². The fraction of sp³-hybridized carbons (Fsp3) is 0.391. The molecule has 30 heavy (non-hydrogen) atoms. The second kappa shape index (κ2) is 9.00. The van der Waals surface area contributed by atoms with Crippen molar-refractivity contribution in [1.82, 2.24) is 24.6 Å². The van der Waals surface area contributed by atoms with Crippen LogP contribution in [0.25, 0.3) is 17.1 Å². The van der Waals surface area contributed by atoms with E-state index in [0.29, 0.717) is 17.8 Å². The molecule has 0 bridgehead atoms. The van der Waals surface area contributed by atoms with E-state index in [1.807, 2.05) is 21.6 Å². The third-order valence-corrected chi connectivity index (χ3v) is 6.58. The summed E-state index contributed by atoms with van der Waals surface area (Å²) in [5, 5.41) is 9.60. The lowest BCUT2D eigenvalue weighted by atomic mass is 9.98. The van der Waals surface area contributed by atoms with E-state index in [0.717, 1.165) is 35.1 Å². The van der Waals surface area contributed by atoms with E-state index in [2.05, 4.69) is 60.2 Å². The summed E-state index contributed by atoms with van der Waals surface area (Å²) in [4.78, 5) is 19.2. The molecule has 3 heterocycles. The van der Waals surface area contributed by atoms with Crippen molar-refractivity contribution in [3.8, 4) is 17.1 Å². The average Bonchev–Trinajstić information content (AvgIpc) is 3.17. The predicted octanol–water partition coefficient (Wildman–Crippen LogP) is 4.52. The number of amides is 1. The largest absolute Gasteiger partial charge is 0.337 e. The number of thioether (sulfide) groups is 1. The normalized spacial score (nSPS) is 19.1. The van der Waals surface area contributed by atoms with Gasteiger partial charge in [0, 0.05) is 35.7 Å². The smallest absolute Gasteiger partial charge is 0.233 e. The Morgan fingerprint density at radius 3 is 2.37 bits per heavy atom. The number of likely N-dealkylation sites (tertiary alicyclic amines) is 1. The maximum absolute atomic E-state index is 13.0. The standard InChI is InChI=1S/C23H27N5OS/c1-16-7-9-20(10-8-16)28-22(19-11-13-24-14-12-19)25-26-23(28)30-15-21(29)27-17(2)5-4-6-18(27)3/h7-14,17-18H,4-6,15H2,1-3H3/t17-,18+. The Morgan fingerprint density at radius 2 is 1.70 bits per heavy atom. The average molecular weight is 422 g/mol. The molecule has 7 heteroatoms. The van der Waals surface area contributed by atoms with Gasteiger partial charge in [-0.2, -0.15) is 0 Å². The zero-order valence-corrected chi connectivity index (χ0v) is 18.5. The fourth-order valence-electron chi connectivity index (χ4n) is 4.09. The van der Waals surface area contributed by atoms with Gasteiger partial charge in [0.05, 0.1) is 5.75 Å². The lowest BCUT2D eigenvalue weighted by molar-refractivity contribution is -0.134. The summed E-state index contributed by atoms with van der Waals surface area (Å²) >= 11 is 1.45. The molecule has 1 saturated heterocycles. The molecule has 0 saturated carbocycles. The molecule has 2 aromatic heterocycles. The van der Waals surface area contributed by atoms with Crippen molar-refractivity contribution in [3.63, 3.8) is 0 Å². The number of carbonyl (C=O) groups excluding carboxylic acids is 1. The summed E-state index contributed by atoms with van der Waals surface area (Å²) in [6, 6.07) is 12.7. The molecule has 0 aliphatic carbocycles. The number of hydrogen-bond donors (Lipinski definition) is 0. The van der Waals surface area contributed by atoms with Gasteiger partial charge >= 0.3 is 0 Å². The number of piperidine rings is 1. The number of aromatic nitrogens is 4. The lowest BCUT2D eigenvalue weighted by Gasteiger charge is -2.39. The second-order valence-electron chi connectivity index (χ2n) is 7.93. The fourth-order valence-corrected chi connectivity index (χ4v) is 4.91. The summed E-state index contributed by atoms with van der Waals surface area (Å²) < 4.78 is 2.02. The van der Waals surface area contributed by atoms with Gasteiger partial charge in [-0.05, 0) is 64.3 Å². The highest BCUT2D eigenvalue weighted by Crippen LogP contribution is 2.29. The Morgan fingerprint density at radius 1 is 1.03 bits per heavy atom. The van der Waals surface area contributed by atoms with Crippen LogP contribution in [0.5, 0.6) is 0 Å². The zero-order chi connectivity index (χ0) is 21.1. The van der Waals surface area contributed by atoms with Crippen molar-refractivity contribution in [2.45, 2.75) is 57.3 Å². The van der Waals surface area contributed by atoms with E-state index in [1.165, 1.54) is 23.7 Å². The van der Waals surface area contributed by atoms with E-state index in [-0.39, 0.29) is 5.91 Å². The van der Waals surface area contributed by atoms with Gasteiger partial charge in [0.1, 0.15) is 0 Å². The highest BCUT2D eigenvalue weighted by molar-refractivity contribution is 7.99. The van der Waals surface area contributed by atoms with Gasteiger partial charge in [-0.25, -0.2) is 0 Å². The van der Waals surface area contributed by atoms with Crippen LogP contribution in [0.15, 0.2) is 53.9 Å². The number of carbonyl (C=O) groups is 1. The summed E-state index contributed by atoms with van der Waals surface area (Å²) in [6.45, 7) is 6.36. The van der Waals surface area contributed by atoms with Crippen LogP contribution in [0.2, 0.25) is 0 Å². The van der Waals surface area contributed by atoms with Crippen LogP contribution in [0, 0.1) is 6.92 Å². The number of hydrogen-bond acceptors (Lipinski definition) is 5. The van der Waals surface area contributed by atoms with Crippen molar-refractivity contribution >= 4 is 17.7 Å². The van der Waals surface area contributed by atoms with Gasteiger partial charge < -0.3 is 4.90 Å². The van der Waals surface area contributed by atoms with E-state index >= 15 is 0 Å². The van der Waals surface area contributed by atoms with Crippen LogP contribution in [-0.2, 0) is 4.79 Å². The summed E-state index contributed by atoms with van der Waals surface area (Å²) in [6.07, 6.45) is 6.84. The molecule has 6 nitrogen and oxygen atoms in total. The van der Waals surface area contributed by atoms with E-state index in [1.54, 1.807) is 12.4 Å². The molecule has 1 aliphatic rings. The molecular formula is C23H27N5OS. The lowest BCUT2D eigenvalue weighted by Crippen LogP contribution is -2.48. The number of pyridine rings is 1. The molecule has 4 rings (SSSR count). The Kier molecular flexibility index (Phi) is 6.18. The Labute approximate surface area is 181 Å². The first-order valence-corrected chi connectivity index (χ1v) is 11.4. The van der Waals surface area contributed by atoms with Crippen LogP contribution in [0.1, 0.15) is 38.7 Å². The zero-order valence-electron chi connectivity index (χ0n) is 17.7. The van der Waals surface area contributed by atoms with Crippen LogP contribution in [0.3, 0.4) is 0 Å². The quantitative estimate of drug-likeness (QED) is 0.567. The first-order valence-electron chi connectivity index (χ1n) is 10.4. The minimum Gasteiger partial charge on any atom is -0.337 e. The molecule has 0 radical (unpaired) electrons. The number of nitrogens with zero attached hydrogens (tertiary/aromatic N) is 5. The second-order valence-corrected chi connectivity index (χ2v) is 8.87. The van der Waals surface area contributed by atoms with Gasteiger partial charge in [0.25, 0.3) is 0 Å². The first-order chi connectivity index (χ1) is 14.5. The molecule has 0 unspecified atom stereocenters. The van der Waals surface area contributed by atoms with E-state index in [4.69, 9.17) is 0 Å². The maximum atomic E-state index is 13.0. The van der Waals surface area contributed by atoms with E-state index < -0.39 is 0 Å². The minimum atomic E-state index is 0.170. The first kappa shape index (κ1) is 20.6. The number of benzene rings is 1. The van der Waals surface area contributed by atoms with Crippen LogP contribution in [0.4, 0.5) is 0 Å². The van der Waals surface area contributed by atoms with Gasteiger partial charge in [0.15, 0.2) is 11.0 Å². The highest BCUT2D eigenvalue weighted by Gasteiger charge is 2.29. The molecular weight excluding hydrogens is 394 g/mol. The predicted molar refractivity (Wildman–Crippen MR) is 120 cm³/mol. The van der Waals surface area contributed by atoms with Crippen molar-refractivity contribution in [2.24, 2.45) is 0 Å². The number of aryl methyl sites for hydroxylation is 1. The number of rotatable bonds is 5. The minimum absolute atomic E-state index is 0.170. The molecule has 0 N–H and O–H groups in total. The summed E-state index contributed by atoms with van der Waals surface area (Å²) in [5.41, 5.74) is 3.11. The summed E-state index contributed by atoms with van der Waals surface area (Å²) in [5.74, 6) is 1.27. The van der Waals surface area contributed by atoms with Crippen LogP contribution in [-0.4, -0.2) is 48.4 Å². The molecule has 2 atom stereocenters. The van der Waals surface area contributed by atoms with Crippen molar-refractivity contribution in [2.75, 3.05) is 5.75 Å². The van der Waals surface area contributed by atoms with Gasteiger partial charge in [0.2, 0.25) is 5.91 Å². The summed E-state index contributed by atoms with van der Waals surface area (Å²) in [7, 11) is 0. The molecule has 1 aromatic carbocycles. The molecule has 0 spiro atoms. The maximum Gasteiger partial charge on any atom is 0.233 e. The molecule has 1 amide bonds. The van der Waals surface area contributed by atoms with Gasteiger partial charge in [-0.1, -0.05) is 29.5 Å². The van der Waals surface area contributed by atoms with Crippen molar-refractivity contribution < 1.29 is 4.79 Å². The third-order valence-electron chi connectivity index (χ3n) is 5.67. The third kappa shape index (κ3) is 4.26. The van der Waals surface area contributed by atoms with Crippen molar-refractivity contribution in [3.05, 3.63) is 54.4 Å².